The van der Waals surface area contributed by atoms with E-state index in [4.69, 9.17) is 0 Å². The fraction of sp³-hybridized carbons (Fsp3) is 0.0667. The Morgan fingerprint density at radius 1 is 1.24 bits per heavy atom. The molecule has 3 aromatic rings. The standard InChI is InChI=1S/C15H9BrFIN2O/c16-13-5-10(17)2-1-9(13)7-20-8-19-14-4-3-11(18)6-12(14)15(20)21/h1-6,8H,7H2. The van der Waals surface area contributed by atoms with Crippen molar-refractivity contribution in [3.05, 3.63) is 72.5 Å². The van der Waals surface area contributed by atoms with Gasteiger partial charge in [-0.1, -0.05) is 22.0 Å². The minimum atomic E-state index is -0.316. The van der Waals surface area contributed by atoms with Gasteiger partial charge in [-0.3, -0.25) is 9.36 Å². The van der Waals surface area contributed by atoms with E-state index >= 15 is 0 Å². The molecule has 106 valence electrons. The van der Waals surface area contributed by atoms with Gasteiger partial charge in [0, 0.05) is 8.04 Å². The lowest BCUT2D eigenvalue weighted by molar-refractivity contribution is 0.624. The Labute approximate surface area is 142 Å². The SMILES string of the molecule is O=c1c2cc(I)ccc2ncn1Cc1ccc(F)cc1Br. The molecule has 0 aliphatic rings. The monoisotopic (exact) mass is 458 g/mol. The molecule has 0 saturated heterocycles. The van der Waals surface area contributed by atoms with Gasteiger partial charge in [-0.15, -0.1) is 0 Å². The molecule has 1 heterocycles. The van der Waals surface area contributed by atoms with E-state index in [2.05, 4.69) is 43.5 Å². The van der Waals surface area contributed by atoms with Crippen LogP contribution < -0.4 is 5.56 Å². The largest absolute Gasteiger partial charge is 0.294 e. The molecule has 0 aliphatic carbocycles. The van der Waals surface area contributed by atoms with E-state index < -0.39 is 0 Å². The molecule has 0 N–H and O–H groups in total. The van der Waals surface area contributed by atoms with Crippen LogP contribution in [0.5, 0.6) is 0 Å². The van der Waals surface area contributed by atoms with E-state index in [1.54, 1.807) is 6.07 Å². The Hall–Kier alpha value is -1.28. The normalized spacial score (nSPS) is 11.0. The van der Waals surface area contributed by atoms with E-state index in [-0.39, 0.29) is 11.4 Å². The molecule has 0 amide bonds. The second-order valence-corrected chi connectivity index (χ2v) is 6.67. The molecule has 0 unspecified atom stereocenters. The molecular formula is C15H9BrFIN2O. The summed E-state index contributed by atoms with van der Waals surface area (Å²) in [5.74, 6) is -0.316. The molecule has 0 radical (unpaired) electrons. The van der Waals surface area contributed by atoms with Crippen LogP contribution in [0.1, 0.15) is 5.56 Å². The van der Waals surface area contributed by atoms with Crippen molar-refractivity contribution in [2.75, 3.05) is 0 Å². The summed E-state index contributed by atoms with van der Waals surface area (Å²) in [5.41, 5.74) is 1.40. The fourth-order valence-corrected chi connectivity index (χ4v) is 3.04. The zero-order valence-electron chi connectivity index (χ0n) is 10.7. The van der Waals surface area contributed by atoms with Crippen molar-refractivity contribution < 1.29 is 4.39 Å². The lowest BCUT2D eigenvalue weighted by Crippen LogP contribution is -2.21. The number of nitrogens with zero attached hydrogens (tertiary/aromatic N) is 2. The summed E-state index contributed by atoms with van der Waals surface area (Å²) in [5, 5.41) is 0.586. The Morgan fingerprint density at radius 2 is 2.05 bits per heavy atom. The maximum absolute atomic E-state index is 13.1. The number of hydrogen-bond acceptors (Lipinski definition) is 2. The van der Waals surface area contributed by atoms with Gasteiger partial charge in [0.2, 0.25) is 0 Å². The van der Waals surface area contributed by atoms with Gasteiger partial charge in [-0.2, -0.15) is 0 Å². The number of rotatable bonds is 2. The Kier molecular flexibility index (Phi) is 4.08. The summed E-state index contributed by atoms with van der Waals surface area (Å²) >= 11 is 5.48. The van der Waals surface area contributed by atoms with Crippen molar-refractivity contribution in [1.29, 1.82) is 0 Å². The molecule has 0 saturated carbocycles. The van der Waals surface area contributed by atoms with Crippen LogP contribution in [0.2, 0.25) is 0 Å². The summed E-state index contributed by atoms with van der Waals surface area (Å²) in [4.78, 5) is 16.8. The van der Waals surface area contributed by atoms with E-state index in [0.717, 1.165) is 9.13 Å². The lowest BCUT2D eigenvalue weighted by atomic mass is 10.2. The first-order valence-corrected chi connectivity index (χ1v) is 8.00. The van der Waals surface area contributed by atoms with Crippen molar-refractivity contribution in [3.63, 3.8) is 0 Å². The molecule has 1 aromatic heterocycles. The van der Waals surface area contributed by atoms with E-state index in [0.29, 0.717) is 21.9 Å². The molecule has 0 aliphatic heterocycles. The predicted molar refractivity (Wildman–Crippen MR) is 91.9 cm³/mol. The topological polar surface area (TPSA) is 34.9 Å². The number of fused-ring (bicyclic) bond motifs is 1. The lowest BCUT2D eigenvalue weighted by Gasteiger charge is -2.08. The van der Waals surface area contributed by atoms with Gasteiger partial charge >= 0.3 is 0 Å². The Balaban J connectivity index is 2.09. The van der Waals surface area contributed by atoms with Gasteiger partial charge < -0.3 is 0 Å². The van der Waals surface area contributed by atoms with Crippen molar-refractivity contribution in [3.8, 4) is 0 Å². The first kappa shape index (κ1) is 14.6. The summed E-state index contributed by atoms with van der Waals surface area (Å²) in [6.45, 7) is 0.341. The van der Waals surface area contributed by atoms with Crippen LogP contribution in [0.25, 0.3) is 10.9 Å². The fourth-order valence-electron chi connectivity index (χ4n) is 2.08. The highest BCUT2D eigenvalue weighted by Gasteiger charge is 2.07. The number of hydrogen-bond donors (Lipinski definition) is 0. The molecule has 3 nitrogen and oxygen atoms in total. The minimum Gasteiger partial charge on any atom is -0.294 e. The third-order valence-corrected chi connectivity index (χ3v) is 4.55. The van der Waals surface area contributed by atoms with Crippen LogP contribution in [0.4, 0.5) is 4.39 Å². The van der Waals surface area contributed by atoms with Crippen molar-refractivity contribution in [2.24, 2.45) is 0 Å². The van der Waals surface area contributed by atoms with Gasteiger partial charge in [-0.05, 0) is 58.5 Å². The van der Waals surface area contributed by atoms with Gasteiger partial charge in [-0.25, -0.2) is 9.37 Å². The Morgan fingerprint density at radius 3 is 2.81 bits per heavy atom. The molecule has 21 heavy (non-hydrogen) atoms. The highest BCUT2D eigenvalue weighted by atomic mass is 127. The van der Waals surface area contributed by atoms with Gasteiger partial charge in [0.1, 0.15) is 5.82 Å². The second-order valence-electron chi connectivity index (χ2n) is 4.57. The smallest absolute Gasteiger partial charge is 0.261 e. The van der Waals surface area contributed by atoms with Crippen molar-refractivity contribution >= 4 is 49.4 Å². The molecule has 0 atom stereocenters. The molecule has 0 spiro atoms. The average Bonchev–Trinajstić information content (AvgIpc) is 2.45. The molecule has 0 bridgehead atoms. The summed E-state index contributed by atoms with van der Waals surface area (Å²) in [6.07, 6.45) is 1.52. The van der Waals surface area contributed by atoms with Crippen LogP contribution >= 0.6 is 38.5 Å². The van der Waals surface area contributed by atoms with Crippen LogP contribution in [0, 0.1) is 9.39 Å². The molecule has 2 aromatic carbocycles. The Bertz CT molecular complexity index is 894. The minimum absolute atomic E-state index is 0.102. The van der Waals surface area contributed by atoms with E-state index in [1.807, 2.05) is 18.2 Å². The molecule has 3 rings (SSSR count). The molecular weight excluding hydrogens is 450 g/mol. The number of halogens is 3. The van der Waals surface area contributed by atoms with Crippen LogP contribution in [-0.4, -0.2) is 9.55 Å². The first-order valence-electron chi connectivity index (χ1n) is 6.13. The third kappa shape index (κ3) is 3.01. The van der Waals surface area contributed by atoms with Crippen LogP contribution in [-0.2, 0) is 6.54 Å². The summed E-state index contributed by atoms with van der Waals surface area (Å²) in [7, 11) is 0. The quantitative estimate of drug-likeness (QED) is 0.545. The van der Waals surface area contributed by atoms with E-state index in [9.17, 15) is 9.18 Å². The third-order valence-electron chi connectivity index (χ3n) is 3.14. The second kappa shape index (κ2) is 5.84. The predicted octanol–water partition coefficient (Wildman–Crippen LogP) is 3.95. The molecule has 0 fully saturated rings. The number of benzene rings is 2. The van der Waals surface area contributed by atoms with Crippen molar-refractivity contribution in [1.82, 2.24) is 9.55 Å². The van der Waals surface area contributed by atoms with Gasteiger partial charge in [0.05, 0.1) is 23.8 Å². The maximum Gasteiger partial charge on any atom is 0.261 e. The van der Waals surface area contributed by atoms with Gasteiger partial charge in [0.25, 0.3) is 5.56 Å². The highest BCUT2D eigenvalue weighted by molar-refractivity contribution is 14.1. The highest BCUT2D eigenvalue weighted by Crippen LogP contribution is 2.19. The molecule has 6 heteroatoms. The zero-order valence-corrected chi connectivity index (χ0v) is 14.4. The van der Waals surface area contributed by atoms with Gasteiger partial charge in [0.15, 0.2) is 0 Å². The van der Waals surface area contributed by atoms with Crippen LogP contribution in [0.3, 0.4) is 0 Å². The first-order chi connectivity index (χ1) is 10.0. The van der Waals surface area contributed by atoms with Crippen molar-refractivity contribution in [2.45, 2.75) is 6.54 Å². The zero-order chi connectivity index (χ0) is 15.0. The summed E-state index contributed by atoms with van der Waals surface area (Å²) in [6, 6.07) is 9.99. The number of aromatic nitrogens is 2. The summed E-state index contributed by atoms with van der Waals surface area (Å²) < 4.78 is 16.3. The van der Waals surface area contributed by atoms with Crippen LogP contribution in [0.15, 0.2) is 52.0 Å². The van der Waals surface area contributed by atoms with E-state index in [1.165, 1.54) is 23.0 Å². The maximum atomic E-state index is 13.1. The average molecular weight is 459 g/mol.